The maximum Gasteiger partial charge on any atom is 0.0709 e. The number of nitrogens with zero attached hydrogens (tertiary/aromatic N) is 2. The molecule has 0 bridgehead atoms. The van der Waals surface area contributed by atoms with Gasteiger partial charge in [-0.05, 0) is 23.8 Å². The Balaban J connectivity index is 2.11. The molecule has 71 valence electrons. The summed E-state index contributed by atoms with van der Waals surface area (Å²) in [6.07, 6.45) is 5.52. The molecule has 1 aliphatic heterocycles. The number of hydrogen-bond acceptors (Lipinski definition) is 1. The molecule has 0 saturated heterocycles. The van der Waals surface area contributed by atoms with E-state index in [4.69, 9.17) is 0 Å². The highest BCUT2D eigenvalue weighted by Crippen LogP contribution is 2.33. The average Bonchev–Trinajstić information content (AvgIpc) is 2.74. The first kappa shape index (κ1) is 8.24. The average molecular weight is 193 g/mol. The summed E-state index contributed by atoms with van der Waals surface area (Å²) in [5.74, 6) is 0. The standard InChI is InChI=1S/C13H9N2/c1-2-4-13-11(3-1)12(9-15-13)10-5-7-14-8-6-10/h1-9H. The van der Waals surface area contributed by atoms with E-state index in [1.54, 1.807) is 12.4 Å². The quantitative estimate of drug-likeness (QED) is 0.684. The van der Waals surface area contributed by atoms with Gasteiger partial charge in [0.25, 0.3) is 0 Å². The first-order valence-corrected chi connectivity index (χ1v) is 4.86. The lowest BCUT2D eigenvalue weighted by Gasteiger charge is -2.02. The summed E-state index contributed by atoms with van der Waals surface area (Å²) >= 11 is 0. The van der Waals surface area contributed by atoms with E-state index >= 15 is 0 Å². The highest BCUT2D eigenvalue weighted by atomic mass is 14.9. The molecule has 2 heteroatoms. The molecule has 2 nitrogen and oxygen atoms in total. The molecule has 1 aromatic carbocycles. The third kappa shape index (κ3) is 1.31. The molecule has 1 radical (unpaired) electrons. The van der Waals surface area contributed by atoms with Crippen molar-refractivity contribution in [3.63, 3.8) is 0 Å². The van der Waals surface area contributed by atoms with Crippen molar-refractivity contribution in [1.82, 2.24) is 10.3 Å². The van der Waals surface area contributed by atoms with Gasteiger partial charge in [0.1, 0.15) is 0 Å². The van der Waals surface area contributed by atoms with Crippen LogP contribution in [-0.2, 0) is 0 Å². The molecule has 0 fully saturated rings. The van der Waals surface area contributed by atoms with Crippen LogP contribution in [0.25, 0.3) is 5.57 Å². The van der Waals surface area contributed by atoms with Crippen molar-refractivity contribution < 1.29 is 0 Å². The van der Waals surface area contributed by atoms with Crippen molar-refractivity contribution in [3.05, 3.63) is 66.1 Å². The molecule has 1 aromatic heterocycles. The molecule has 2 aromatic rings. The van der Waals surface area contributed by atoms with Gasteiger partial charge < -0.3 is 0 Å². The molecule has 3 rings (SSSR count). The normalized spacial score (nSPS) is 12.9. The van der Waals surface area contributed by atoms with Gasteiger partial charge in [-0.2, -0.15) is 0 Å². The second-order valence-corrected chi connectivity index (χ2v) is 3.42. The Kier molecular flexibility index (Phi) is 1.78. The zero-order valence-corrected chi connectivity index (χ0v) is 8.09. The number of aromatic nitrogens is 1. The topological polar surface area (TPSA) is 27.0 Å². The predicted octanol–water partition coefficient (Wildman–Crippen LogP) is 2.72. The van der Waals surface area contributed by atoms with E-state index < -0.39 is 0 Å². The van der Waals surface area contributed by atoms with Crippen molar-refractivity contribution >= 4 is 11.3 Å². The van der Waals surface area contributed by atoms with Crippen LogP contribution in [0.5, 0.6) is 0 Å². The third-order valence-electron chi connectivity index (χ3n) is 2.52. The van der Waals surface area contributed by atoms with E-state index in [0.29, 0.717) is 0 Å². The van der Waals surface area contributed by atoms with Gasteiger partial charge in [0.2, 0.25) is 0 Å². The molecule has 0 unspecified atom stereocenters. The van der Waals surface area contributed by atoms with Crippen LogP contribution in [0.3, 0.4) is 0 Å². The lowest BCUT2D eigenvalue weighted by atomic mass is 10.0. The minimum absolute atomic E-state index is 1.05. The van der Waals surface area contributed by atoms with E-state index in [0.717, 1.165) is 5.69 Å². The molecular formula is C13H9N2. The molecule has 15 heavy (non-hydrogen) atoms. The Morgan fingerprint density at radius 3 is 2.53 bits per heavy atom. The number of hydrogen-bond donors (Lipinski definition) is 0. The lowest BCUT2D eigenvalue weighted by molar-refractivity contribution is 1.22. The molecule has 0 spiro atoms. The lowest BCUT2D eigenvalue weighted by Crippen LogP contribution is -1.84. The molecule has 0 saturated carbocycles. The van der Waals surface area contributed by atoms with Crippen LogP contribution in [0, 0.1) is 0 Å². The highest BCUT2D eigenvalue weighted by Gasteiger charge is 2.15. The van der Waals surface area contributed by atoms with Crippen LogP contribution in [0.2, 0.25) is 0 Å². The van der Waals surface area contributed by atoms with E-state index in [9.17, 15) is 0 Å². The summed E-state index contributed by atoms with van der Waals surface area (Å²) in [6, 6.07) is 12.2. The Hall–Kier alpha value is -2.09. The molecule has 0 N–H and O–H groups in total. The summed E-state index contributed by atoms with van der Waals surface area (Å²) in [5, 5.41) is 4.37. The van der Waals surface area contributed by atoms with Gasteiger partial charge in [0.15, 0.2) is 0 Å². The Labute approximate surface area is 88.3 Å². The predicted molar refractivity (Wildman–Crippen MR) is 59.6 cm³/mol. The number of benzene rings is 1. The van der Waals surface area contributed by atoms with Gasteiger partial charge in [-0.25, -0.2) is 0 Å². The largest absolute Gasteiger partial charge is 0.265 e. The molecule has 2 heterocycles. The van der Waals surface area contributed by atoms with Crippen LogP contribution in [0.4, 0.5) is 5.69 Å². The maximum absolute atomic E-state index is 4.37. The first-order valence-electron chi connectivity index (χ1n) is 4.86. The molecule has 0 amide bonds. The van der Waals surface area contributed by atoms with Crippen LogP contribution >= 0.6 is 0 Å². The first-order chi connectivity index (χ1) is 7.45. The number of fused-ring (bicyclic) bond motifs is 1. The van der Waals surface area contributed by atoms with Crippen molar-refractivity contribution in [2.24, 2.45) is 0 Å². The Bertz CT molecular complexity index is 515. The SMILES string of the molecule is C1=C(c2ccncc2)c2ccccc2[N]1. The van der Waals surface area contributed by atoms with E-state index in [1.807, 2.05) is 36.5 Å². The van der Waals surface area contributed by atoms with Gasteiger partial charge in [-0.1, -0.05) is 18.2 Å². The summed E-state index contributed by atoms with van der Waals surface area (Å²) in [6.45, 7) is 0. The molecule has 0 aliphatic carbocycles. The van der Waals surface area contributed by atoms with Crippen LogP contribution in [-0.4, -0.2) is 4.98 Å². The molecule has 1 aliphatic rings. The van der Waals surface area contributed by atoms with Crippen molar-refractivity contribution in [3.8, 4) is 0 Å². The third-order valence-corrected chi connectivity index (χ3v) is 2.52. The summed E-state index contributed by atoms with van der Waals surface area (Å²) in [7, 11) is 0. The van der Waals surface area contributed by atoms with Crippen LogP contribution < -0.4 is 5.32 Å². The summed E-state index contributed by atoms with van der Waals surface area (Å²) in [4.78, 5) is 4.01. The monoisotopic (exact) mass is 193 g/mol. The second-order valence-electron chi connectivity index (χ2n) is 3.42. The van der Waals surface area contributed by atoms with Crippen LogP contribution in [0.1, 0.15) is 11.1 Å². The van der Waals surface area contributed by atoms with Gasteiger partial charge in [0, 0.05) is 29.7 Å². The summed E-state index contributed by atoms with van der Waals surface area (Å²) < 4.78 is 0. The Morgan fingerprint density at radius 1 is 0.867 bits per heavy atom. The smallest absolute Gasteiger partial charge is 0.0709 e. The van der Waals surface area contributed by atoms with Crippen molar-refractivity contribution in [2.75, 3.05) is 0 Å². The zero-order valence-electron chi connectivity index (χ0n) is 8.09. The molecule has 0 atom stereocenters. The van der Waals surface area contributed by atoms with E-state index in [1.165, 1.54) is 16.7 Å². The minimum atomic E-state index is 1.05. The zero-order chi connectivity index (χ0) is 10.1. The van der Waals surface area contributed by atoms with E-state index in [2.05, 4.69) is 16.4 Å². The fourth-order valence-electron chi connectivity index (χ4n) is 1.78. The van der Waals surface area contributed by atoms with Gasteiger partial charge in [-0.15, -0.1) is 0 Å². The number of para-hydroxylation sites is 1. The van der Waals surface area contributed by atoms with Gasteiger partial charge in [0.05, 0.1) is 5.69 Å². The fraction of sp³-hybridized carbons (Fsp3) is 0. The minimum Gasteiger partial charge on any atom is -0.265 e. The highest BCUT2D eigenvalue weighted by molar-refractivity contribution is 5.88. The van der Waals surface area contributed by atoms with Crippen molar-refractivity contribution in [2.45, 2.75) is 0 Å². The maximum atomic E-state index is 4.37. The fourth-order valence-corrected chi connectivity index (χ4v) is 1.78. The molecular weight excluding hydrogens is 184 g/mol. The number of pyridine rings is 1. The van der Waals surface area contributed by atoms with Gasteiger partial charge >= 0.3 is 0 Å². The Morgan fingerprint density at radius 2 is 1.67 bits per heavy atom. The second kappa shape index (κ2) is 3.24. The summed E-state index contributed by atoms with van der Waals surface area (Å²) in [5.41, 5.74) is 4.58. The number of rotatable bonds is 1. The van der Waals surface area contributed by atoms with Crippen LogP contribution in [0.15, 0.2) is 55.0 Å². The van der Waals surface area contributed by atoms with E-state index in [-0.39, 0.29) is 0 Å². The van der Waals surface area contributed by atoms with Crippen molar-refractivity contribution in [1.29, 1.82) is 0 Å². The van der Waals surface area contributed by atoms with Gasteiger partial charge in [-0.3, -0.25) is 10.3 Å².